The van der Waals surface area contributed by atoms with Gasteiger partial charge < -0.3 is 5.32 Å². The quantitative estimate of drug-likeness (QED) is 0.427. The van der Waals surface area contributed by atoms with Crippen LogP contribution in [0.4, 0.5) is 4.39 Å². The number of nitrogens with one attached hydrogen (secondary N) is 3. The summed E-state index contributed by atoms with van der Waals surface area (Å²) in [6.45, 7) is 4.67. The van der Waals surface area contributed by atoms with Gasteiger partial charge in [0.05, 0.1) is 6.04 Å². The molecule has 2 aliphatic heterocycles. The van der Waals surface area contributed by atoms with E-state index in [4.69, 9.17) is 0 Å². The van der Waals surface area contributed by atoms with Gasteiger partial charge in [-0.2, -0.15) is 0 Å². The first kappa shape index (κ1) is 26.8. The van der Waals surface area contributed by atoms with Crippen molar-refractivity contribution in [2.45, 2.75) is 75.7 Å². The number of nitrogens with zero attached hydrogens (tertiary/aromatic N) is 1. The Labute approximate surface area is 217 Å². The minimum Gasteiger partial charge on any atom is -0.343 e. The van der Waals surface area contributed by atoms with Gasteiger partial charge in [-0.05, 0) is 87.2 Å². The standard InChI is InChI=1S/C26H39FN4O2S2/c1-18(29-26(33)23-16-34-17-28-23)25(32)30-35-24(20-5-3-2-4-6-20)21-11-13-31(14-12-21)15-19-7-9-22(27)10-8-19/h7-10,18,20-21,23-24,28H,2-6,11-17H2,1H3,(H,29,33)(H,30,32)/t18-,23+,24?/m1/s1. The van der Waals surface area contributed by atoms with Gasteiger partial charge in [0.15, 0.2) is 0 Å². The third kappa shape index (κ3) is 7.84. The molecule has 2 saturated heterocycles. The largest absolute Gasteiger partial charge is 0.343 e. The van der Waals surface area contributed by atoms with Crippen LogP contribution in [0.5, 0.6) is 0 Å². The first-order valence-electron chi connectivity index (χ1n) is 13.0. The Hall–Kier alpha value is -1.29. The fourth-order valence-corrected chi connectivity index (χ4v) is 7.79. The fraction of sp³-hybridized carbons (Fsp3) is 0.692. The lowest BCUT2D eigenvalue weighted by atomic mass is 9.79. The second-order valence-electron chi connectivity index (χ2n) is 10.2. The van der Waals surface area contributed by atoms with E-state index in [1.165, 1.54) is 44.2 Å². The van der Waals surface area contributed by atoms with E-state index in [0.29, 0.717) is 17.1 Å². The molecular formula is C26H39FN4O2S2. The molecule has 1 aromatic rings. The summed E-state index contributed by atoms with van der Waals surface area (Å²) in [5.41, 5.74) is 1.15. The number of carbonyl (C=O) groups excluding carboxylic acids is 2. The summed E-state index contributed by atoms with van der Waals surface area (Å²) in [5.74, 6) is 2.32. The summed E-state index contributed by atoms with van der Waals surface area (Å²) in [6.07, 6.45) is 8.56. The average molecular weight is 523 g/mol. The third-order valence-corrected chi connectivity index (χ3v) is 9.91. The molecule has 2 heterocycles. The minimum atomic E-state index is -0.549. The summed E-state index contributed by atoms with van der Waals surface area (Å²) in [7, 11) is 0. The van der Waals surface area contributed by atoms with Crippen LogP contribution in [-0.2, 0) is 16.1 Å². The monoisotopic (exact) mass is 522 g/mol. The van der Waals surface area contributed by atoms with Crippen molar-refractivity contribution in [1.29, 1.82) is 0 Å². The van der Waals surface area contributed by atoms with Gasteiger partial charge in [-0.15, -0.1) is 11.8 Å². The molecule has 3 atom stereocenters. The molecule has 35 heavy (non-hydrogen) atoms. The van der Waals surface area contributed by atoms with Gasteiger partial charge in [0.2, 0.25) is 5.91 Å². The van der Waals surface area contributed by atoms with Gasteiger partial charge in [0.25, 0.3) is 5.91 Å². The van der Waals surface area contributed by atoms with E-state index in [9.17, 15) is 14.0 Å². The molecule has 194 valence electrons. The number of hydrogen-bond acceptors (Lipinski definition) is 6. The lowest BCUT2D eigenvalue weighted by Gasteiger charge is -2.40. The maximum Gasteiger partial charge on any atom is 0.252 e. The molecular weight excluding hydrogens is 483 g/mol. The van der Waals surface area contributed by atoms with Crippen molar-refractivity contribution in [3.63, 3.8) is 0 Å². The van der Waals surface area contributed by atoms with Gasteiger partial charge in [0, 0.05) is 23.4 Å². The summed E-state index contributed by atoms with van der Waals surface area (Å²) >= 11 is 3.30. The van der Waals surface area contributed by atoms with Crippen LogP contribution in [0.2, 0.25) is 0 Å². The summed E-state index contributed by atoms with van der Waals surface area (Å²) in [6, 6.07) is 6.06. The molecule has 3 N–H and O–H groups in total. The number of carbonyl (C=O) groups is 2. The van der Waals surface area contributed by atoms with Crippen LogP contribution >= 0.6 is 23.7 Å². The van der Waals surface area contributed by atoms with E-state index in [-0.39, 0.29) is 23.7 Å². The van der Waals surface area contributed by atoms with Gasteiger partial charge in [0.1, 0.15) is 11.9 Å². The maximum absolute atomic E-state index is 13.2. The summed E-state index contributed by atoms with van der Waals surface area (Å²) < 4.78 is 16.3. The Kier molecular flexibility index (Phi) is 10.2. The average Bonchev–Trinajstić information content (AvgIpc) is 3.42. The highest BCUT2D eigenvalue weighted by molar-refractivity contribution is 7.99. The van der Waals surface area contributed by atoms with E-state index in [1.54, 1.807) is 30.6 Å². The number of thioether (sulfide) groups is 1. The summed E-state index contributed by atoms with van der Waals surface area (Å²) in [5, 5.41) is 6.42. The fourth-order valence-electron chi connectivity index (χ4n) is 5.49. The van der Waals surface area contributed by atoms with Gasteiger partial charge in [-0.3, -0.25) is 24.5 Å². The van der Waals surface area contributed by atoms with E-state index in [2.05, 4.69) is 20.3 Å². The Morgan fingerprint density at radius 3 is 2.46 bits per heavy atom. The first-order chi connectivity index (χ1) is 17.0. The zero-order chi connectivity index (χ0) is 24.6. The van der Waals surface area contributed by atoms with Crippen molar-refractivity contribution in [2.24, 2.45) is 11.8 Å². The molecule has 0 aromatic heterocycles. The Bertz CT molecular complexity index is 823. The predicted octanol–water partition coefficient (Wildman–Crippen LogP) is 3.92. The lowest BCUT2D eigenvalue weighted by Crippen LogP contribution is -2.50. The van der Waals surface area contributed by atoms with E-state index < -0.39 is 6.04 Å². The number of halogens is 1. The lowest BCUT2D eigenvalue weighted by molar-refractivity contribution is -0.128. The van der Waals surface area contributed by atoms with Gasteiger partial charge >= 0.3 is 0 Å². The van der Waals surface area contributed by atoms with Gasteiger partial charge in [-0.25, -0.2) is 4.39 Å². The molecule has 1 unspecified atom stereocenters. The van der Waals surface area contributed by atoms with Crippen LogP contribution in [0.1, 0.15) is 57.4 Å². The zero-order valence-corrected chi connectivity index (χ0v) is 22.3. The minimum absolute atomic E-state index is 0.0972. The predicted molar refractivity (Wildman–Crippen MR) is 142 cm³/mol. The van der Waals surface area contributed by atoms with Crippen molar-refractivity contribution < 1.29 is 14.0 Å². The first-order valence-corrected chi connectivity index (χ1v) is 15.1. The molecule has 0 spiro atoms. The normalized spacial score (nSPS) is 24.1. The Balaban J connectivity index is 1.28. The van der Waals surface area contributed by atoms with E-state index in [1.807, 2.05) is 12.1 Å². The number of benzene rings is 1. The highest BCUT2D eigenvalue weighted by Crippen LogP contribution is 2.39. The van der Waals surface area contributed by atoms with Crippen LogP contribution in [0.15, 0.2) is 24.3 Å². The van der Waals surface area contributed by atoms with E-state index >= 15 is 0 Å². The molecule has 4 rings (SSSR count). The second-order valence-corrected chi connectivity index (χ2v) is 12.2. The van der Waals surface area contributed by atoms with Crippen molar-refractivity contribution in [3.8, 4) is 0 Å². The number of piperidine rings is 1. The molecule has 9 heteroatoms. The number of rotatable bonds is 9. The molecule has 3 fully saturated rings. The van der Waals surface area contributed by atoms with Crippen LogP contribution in [0, 0.1) is 17.7 Å². The highest BCUT2D eigenvalue weighted by atomic mass is 32.2. The van der Waals surface area contributed by atoms with Crippen molar-refractivity contribution in [2.75, 3.05) is 24.7 Å². The summed E-state index contributed by atoms with van der Waals surface area (Å²) in [4.78, 5) is 27.7. The zero-order valence-electron chi connectivity index (χ0n) is 20.6. The number of likely N-dealkylation sites (tertiary alicyclic amines) is 1. The Morgan fingerprint density at radius 2 is 1.80 bits per heavy atom. The molecule has 0 radical (unpaired) electrons. The van der Waals surface area contributed by atoms with Gasteiger partial charge in [-0.1, -0.05) is 31.4 Å². The smallest absolute Gasteiger partial charge is 0.252 e. The van der Waals surface area contributed by atoms with Crippen LogP contribution in [0.3, 0.4) is 0 Å². The van der Waals surface area contributed by atoms with Crippen molar-refractivity contribution in [1.82, 2.24) is 20.3 Å². The van der Waals surface area contributed by atoms with E-state index in [0.717, 1.165) is 49.7 Å². The SMILES string of the molecule is C[C@@H](NC(=O)[C@@H]1CSCN1)C(=O)NSC(C1CCCCC1)C1CCN(Cc2ccc(F)cc2)CC1. The molecule has 1 aliphatic carbocycles. The maximum atomic E-state index is 13.2. The Morgan fingerprint density at radius 1 is 1.11 bits per heavy atom. The van der Waals surface area contributed by atoms with Crippen molar-refractivity contribution in [3.05, 3.63) is 35.6 Å². The van der Waals surface area contributed by atoms with Crippen LogP contribution < -0.4 is 15.4 Å². The molecule has 3 aliphatic rings. The third-order valence-electron chi connectivity index (χ3n) is 7.61. The molecule has 2 amide bonds. The topological polar surface area (TPSA) is 73.5 Å². The second kappa shape index (κ2) is 13.3. The number of amides is 2. The molecule has 0 bridgehead atoms. The number of hydrogen-bond donors (Lipinski definition) is 3. The van der Waals surface area contributed by atoms with Crippen LogP contribution in [0.25, 0.3) is 0 Å². The molecule has 1 aromatic carbocycles. The van der Waals surface area contributed by atoms with Crippen molar-refractivity contribution >= 4 is 35.5 Å². The highest BCUT2D eigenvalue weighted by Gasteiger charge is 2.34. The van der Waals surface area contributed by atoms with Crippen LogP contribution in [-0.4, -0.2) is 58.8 Å². The molecule has 1 saturated carbocycles. The molecule has 6 nitrogen and oxygen atoms in total.